The van der Waals surface area contributed by atoms with E-state index >= 15 is 0 Å². The van der Waals surface area contributed by atoms with Crippen molar-refractivity contribution in [2.75, 3.05) is 0 Å². The van der Waals surface area contributed by atoms with Crippen LogP contribution in [0.5, 0.6) is 11.5 Å². The highest BCUT2D eigenvalue weighted by Crippen LogP contribution is 2.27. The van der Waals surface area contributed by atoms with E-state index in [0.29, 0.717) is 4.99 Å². The first-order valence-corrected chi connectivity index (χ1v) is 7.16. The lowest BCUT2D eigenvalue weighted by atomic mass is 10.2. The molecular formula is C15H14BrNOS. The Kier molecular flexibility index (Phi) is 4.56. The van der Waals surface area contributed by atoms with E-state index < -0.39 is 0 Å². The van der Waals surface area contributed by atoms with Gasteiger partial charge in [-0.25, -0.2) is 0 Å². The van der Waals surface area contributed by atoms with E-state index in [2.05, 4.69) is 35.0 Å². The molecule has 2 nitrogen and oxygen atoms in total. The topological polar surface area (TPSA) is 35.2 Å². The molecule has 2 rings (SSSR count). The molecule has 2 N–H and O–H groups in total. The molecule has 0 aromatic heterocycles. The molecule has 0 atom stereocenters. The molecule has 98 valence electrons. The van der Waals surface area contributed by atoms with Crippen molar-refractivity contribution in [3.63, 3.8) is 0 Å². The molecule has 0 spiro atoms. The van der Waals surface area contributed by atoms with Gasteiger partial charge in [0, 0.05) is 10.0 Å². The Morgan fingerprint density at radius 2 is 1.79 bits per heavy atom. The number of aryl methyl sites for hydroxylation is 1. The molecule has 0 fully saturated rings. The third-order valence-electron chi connectivity index (χ3n) is 2.77. The van der Waals surface area contributed by atoms with Gasteiger partial charge in [-0.1, -0.05) is 31.3 Å². The second-order valence-electron chi connectivity index (χ2n) is 4.11. The minimum absolute atomic E-state index is 0.366. The Morgan fingerprint density at radius 3 is 2.32 bits per heavy atom. The van der Waals surface area contributed by atoms with Crippen LogP contribution in [0.15, 0.2) is 46.9 Å². The van der Waals surface area contributed by atoms with Crippen LogP contribution in [-0.4, -0.2) is 4.99 Å². The zero-order valence-electron chi connectivity index (χ0n) is 10.5. The van der Waals surface area contributed by atoms with Gasteiger partial charge in [-0.2, -0.15) is 0 Å². The van der Waals surface area contributed by atoms with Gasteiger partial charge < -0.3 is 10.5 Å². The molecule has 0 amide bonds. The van der Waals surface area contributed by atoms with Gasteiger partial charge >= 0.3 is 0 Å². The first-order chi connectivity index (χ1) is 9.10. The second-order valence-corrected chi connectivity index (χ2v) is 5.40. The first kappa shape index (κ1) is 14.0. The normalized spacial score (nSPS) is 10.2. The average molecular weight is 336 g/mol. The third kappa shape index (κ3) is 3.55. The number of benzene rings is 2. The number of hydrogen-bond donors (Lipinski definition) is 1. The Hall–Kier alpha value is -1.39. The van der Waals surface area contributed by atoms with Gasteiger partial charge in [-0.15, -0.1) is 0 Å². The number of halogens is 1. The fourth-order valence-corrected chi connectivity index (χ4v) is 2.57. The summed E-state index contributed by atoms with van der Waals surface area (Å²) >= 11 is 8.39. The summed E-state index contributed by atoms with van der Waals surface area (Å²) in [6.45, 7) is 2.13. The van der Waals surface area contributed by atoms with Gasteiger partial charge in [0.15, 0.2) is 0 Å². The summed E-state index contributed by atoms with van der Waals surface area (Å²) in [7, 11) is 0. The quantitative estimate of drug-likeness (QED) is 0.839. The van der Waals surface area contributed by atoms with Crippen molar-refractivity contribution in [2.24, 2.45) is 5.73 Å². The SMILES string of the molecule is CCc1ccc(Oc2ccc(C(N)=S)c(Br)c2)cc1. The maximum absolute atomic E-state index is 5.78. The maximum Gasteiger partial charge on any atom is 0.128 e. The summed E-state index contributed by atoms with van der Waals surface area (Å²) in [5.74, 6) is 1.56. The highest BCUT2D eigenvalue weighted by Gasteiger charge is 2.05. The fraction of sp³-hybridized carbons (Fsp3) is 0.133. The molecule has 0 unspecified atom stereocenters. The van der Waals surface area contributed by atoms with Crippen LogP contribution in [0.4, 0.5) is 0 Å². The number of ether oxygens (including phenoxy) is 1. The van der Waals surface area contributed by atoms with E-state index in [-0.39, 0.29) is 0 Å². The summed E-state index contributed by atoms with van der Waals surface area (Å²) in [4.78, 5) is 0.366. The monoisotopic (exact) mass is 335 g/mol. The van der Waals surface area contributed by atoms with Crippen LogP contribution in [0, 0.1) is 0 Å². The molecule has 0 bridgehead atoms. The minimum atomic E-state index is 0.366. The predicted molar refractivity (Wildman–Crippen MR) is 85.9 cm³/mol. The molecule has 2 aromatic rings. The smallest absolute Gasteiger partial charge is 0.128 e. The summed E-state index contributed by atoms with van der Waals surface area (Å²) < 4.78 is 6.62. The number of hydrogen-bond acceptors (Lipinski definition) is 2. The van der Waals surface area contributed by atoms with Crippen molar-refractivity contribution in [3.05, 3.63) is 58.1 Å². The van der Waals surface area contributed by atoms with E-state index in [1.54, 1.807) is 0 Å². The summed E-state index contributed by atoms with van der Waals surface area (Å²) in [5, 5.41) is 0. The first-order valence-electron chi connectivity index (χ1n) is 5.96. The van der Waals surface area contributed by atoms with Crippen LogP contribution in [0.1, 0.15) is 18.1 Å². The van der Waals surface area contributed by atoms with Gasteiger partial charge in [0.05, 0.1) is 0 Å². The van der Waals surface area contributed by atoms with E-state index in [4.69, 9.17) is 22.7 Å². The highest BCUT2D eigenvalue weighted by atomic mass is 79.9. The van der Waals surface area contributed by atoms with Crippen molar-refractivity contribution < 1.29 is 4.74 Å². The van der Waals surface area contributed by atoms with Crippen molar-refractivity contribution in [1.82, 2.24) is 0 Å². The maximum atomic E-state index is 5.78. The molecule has 0 radical (unpaired) electrons. The second kappa shape index (κ2) is 6.17. The molecule has 0 aliphatic heterocycles. The zero-order chi connectivity index (χ0) is 13.8. The lowest BCUT2D eigenvalue weighted by molar-refractivity contribution is 0.482. The van der Waals surface area contributed by atoms with Gasteiger partial charge in [0.25, 0.3) is 0 Å². The lowest BCUT2D eigenvalue weighted by Gasteiger charge is -2.09. The Morgan fingerprint density at radius 1 is 1.16 bits per heavy atom. The Bertz CT molecular complexity index is 596. The Labute approximate surface area is 126 Å². The molecule has 0 aliphatic carbocycles. The van der Waals surface area contributed by atoms with Crippen LogP contribution < -0.4 is 10.5 Å². The van der Waals surface area contributed by atoms with Crippen LogP contribution in [-0.2, 0) is 6.42 Å². The fourth-order valence-electron chi connectivity index (χ4n) is 1.69. The average Bonchev–Trinajstić information content (AvgIpc) is 2.39. The Balaban J connectivity index is 2.18. The number of nitrogens with two attached hydrogens (primary N) is 1. The van der Waals surface area contributed by atoms with Gasteiger partial charge in [0.1, 0.15) is 16.5 Å². The standard InChI is InChI=1S/C15H14BrNOS/c1-2-10-3-5-11(6-4-10)18-12-7-8-13(15(17)19)14(16)9-12/h3-9H,2H2,1H3,(H2,17,19). The van der Waals surface area contributed by atoms with Crippen molar-refractivity contribution in [1.29, 1.82) is 0 Å². The predicted octanol–water partition coefficient (Wildman–Crippen LogP) is 4.44. The van der Waals surface area contributed by atoms with Crippen LogP contribution in [0.3, 0.4) is 0 Å². The molecule has 0 heterocycles. The van der Waals surface area contributed by atoms with Crippen LogP contribution >= 0.6 is 28.1 Å². The van der Waals surface area contributed by atoms with Crippen LogP contribution in [0.2, 0.25) is 0 Å². The van der Waals surface area contributed by atoms with Crippen molar-refractivity contribution in [3.8, 4) is 11.5 Å². The molecule has 4 heteroatoms. The summed E-state index contributed by atoms with van der Waals surface area (Å²) in [6.07, 6.45) is 1.02. The van der Waals surface area contributed by atoms with E-state index in [0.717, 1.165) is 28.0 Å². The van der Waals surface area contributed by atoms with E-state index in [1.807, 2.05) is 30.3 Å². The van der Waals surface area contributed by atoms with Crippen LogP contribution in [0.25, 0.3) is 0 Å². The van der Waals surface area contributed by atoms with Gasteiger partial charge in [-0.3, -0.25) is 0 Å². The molecule has 0 saturated carbocycles. The third-order valence-corrected chi connectivity index (χ3v) is 3.65. The minimum Gasteiger partial charge on any atom is -0.457 e. The van der Waals surface area contributed by atoms with Gasteiger partial charge in [-0.05, 0) is 58.2 Å². The highest BCUT2D eigenvalue weighted by molar-refractivity contribution is 9.10. The van der Waals surface area contributed by atoms with E-state index in [1.165, 1.54) is 5.56 Å². The van der Waals surface area contributed by atoms with Gasteiger partial charge in [0.2, 0.25) is 0 Å². The zero-order valence-corrected chi connectivity index (χ0v) is 12.9. The molecule has 2 aromatic carbocycles. The molecule has 0 saturated heterocycles. The largest absolute Gasteiger partial charge is 0.457 e. The molecule has 19 heavy (non-hydrogen) atoms. The van der Waals surface area contributed by atoms with Crippen molar-refractivity contribution in [2.45, 2.75) is 13.3 Å². The summed E-state index contributed by atoms with van der Waals surface area (Å²) in [5.41, 5.74) is 7.71. The summed E-state index contributed by atoms with van der Waals surface area (Å²) in [6, 6.07) is 13.6. The number of thiocarbonyl (C=S) groups is 1. The van der Waals surface area contributed by atoms with Crippen molar-refractivity contribution >= 4 is 33.1 Å². The molecular weight excluding hydrogens is 322 g/mol. The van der Waals surface area contributed by atoms with E-state index in [9.17, 15) is 0 Å². The number of rotatable bonds is 4. The molecule has 0 aliphatic rings. The lowest BCUT2D eigenvalue weighted by Crippen LogP contribution is -2.09.